The van der Waals surface area contributed by atoms with Crippen LogP contribution in [0.2, 0.25) is 0 Å². The first-order chi connectivity index (χ1) is 16.1. The minimum atomic E-state index is -0.756. The monoisotopic (exact) mass is 445 g/mol. The molecular weight excluding hydrogens is 414 g/mol. The van der Waals surface area contributed by atoms with Gasteiger partial charge in [-0.1, -0.05) is 78.9 Å². The van der Waals surface area contributed by atoms with Gasteiger partial charge in [-0.25, -0.2) is 0 Å². The van der Waals surface area contributed by atoms with Gasteiger partial charge in [0.1, 0.15) is 12.4 Å². The van der Waals surface area contributed by atoms with Crippen LogP contribution in [-0.4, -0.2) is 42.2 Å². The van der Waals surface area contributed by atoms with E-state index in [9.17, 15) is 10.2 Å². The smallest absolute Gasteiger partial charge is 0.135 e. The Kier molecular flexibility index (Phi) is 7.57. The van der Waals surface area contributed by atoms with Crippen LogP contribution in [0.25, 0.3) is 21.5 Å². The Morgan fingerprint density at radius 1 is 0.727 bits per heavy atom. The highest BCUT2D eigenvalue weighted by atomic mass is 16.5. The molecule has 0 bridgehead atoms. The molecule has 5 heteroatoms. The molecule has 0 heterocycles. The van der Waals surface area contributed by atoms with Crippen LogP contribution >= 0.6 is 0 Å². The van der Waals surface area contributed by atoms with Crippen LogP contribution in [0.5, 0.6) is 5.75 Å². The second-order valence-electron chi connectivity index (χ2n) is 8.52. The zero-order chi connectivity index (χ0) is 23.1. The van der Waals surface area contributed by atoms with Gasteiger partial charge in [-0.2, -0.15) is 0 Å². The summed E-state index contributed by atoms with van der Waals surface area (Å²) in [7, 11) is 0. The molecule has 3 N–H and O–H groups in total. The van der Waals surface area contributed by atoms with Crippen molar-refractivity contribution in [3.63, 3.8) is 0 Å². The van der Waals surface area contributed by atoms with E-state index in [4.69, 9.17) is 9.47 Å². The Morgan fingerprint density at radius 3 is 1.85 bits per heavy atom. The largest absolute Gasteiger partial charge is 0.490 e. The summed E-state index contributed by atoms with van der Waals surface area (Å²) >= 11 is 0. The van der Waals surface area contributed by atoms with Gasteiger partial charge >= 0.3 is 0 Å². The summed E-state index contributed by atoms with van der Waals surface area (Å²) in [6, 6.07) is 26.5. The highest BCUT2D eigenvalue weighted by Crippen LogP contribution is 2.38. The van der Waals surface area contributed by atoms with Crippen LogP contribution in [0, 0.1) is 0 Å². The van der Waals surface area contributed by atoms with Gasteiger partial charge < -0.3 is 25.0 Å². The summed E-state index contributed by atoms with van der Waals surface area (Å²) in [5, 5.41) is 27.0. The quantitative estimate of drug-likeness (QED) is 0.235. The van der Waals surface area contributed by atoms with Crippen molar-refractivity contribution in [2.75, 3.05) is 26.4 Å². The molecule has 4 aromatic rings. The van der Waals surface area contributed by atoms with Crippen molar-refractivity contribution in [1.29, 1.82) is 0 Å². The number of nitrogens with one attached hydrogen (secondary N) is 1. The fourth-order valence-corrected chi connectivity index (χ4v) is 3.96. The first kappa shape index (κ1) is 23.2. The summed E-state index contributed by atoms with van der Waals surface area (Å²) < 4.78 is 12.1. The highest BCUT2D eigenvalue weighted by Gasteiger charge is 2.23. The van der Waals surface area contributed by atoms with Crippen molar-refractivity contribution in [2.24, 2.45) is 0 Å². The third kappa shape index (κ3) is 5.34. The van der Waals surface area contributed by atoms with E-state index < -0.39 is 5.54 Å². The van der Waals surface area contributed by atoms with Crippen molar-refractivity contribution in [3.05, 3.63) is 90.0 Å². The fourth-order valence-electron chi connectivity index (χ4n) is 3.96. The van der Waals surface area contributed by atoms with Crippen LogP contribution in [0.3, 0.4) is 0 Å². The molecule has 0 unspecified atom stereocenters. The van der Waals surface area contributed by atoms with Gasteiger partial charge in [0, 0.05) is 17.3 Å². The standard InChI is InChI=1S/C28H31NO4/c1-28(19-30,20-31)29-17-26-22-11-5-7-13-24(22)27(25-14-8-6-12-23(25)26)33-16-15-32-18-21-9-3-2-4-10-21/h2-14,29-31H,15-20H2,1H3. The molecule has 0 aromatic heterocycles. The lowest BCUT2D eigenvalue weighted by Crippen LogP contribution is -2.48. The first-order valence-corrected chi connectivity index (χ1v) is 11.3. The Balaban J connectivity index is 1.59. The molecule has 0 radical (unpaired) electrons. The zero-order valence-corrected chi connectivity index (χ0v) is 19.0. The van der Waals surface area contributed by atoms with Gasteiger partial charge in [0.25, 0.3) is 0 Å². The number of hydrogen-bond acceptors (Lipinski definition) is 5. The maximum atomic E-state index is 9.69. The van der Waals surface area contributed by atoms with E-state index in [1.54, 1.807) is 0 Å². The molecule has 0 saturated carbocycles. The summed E-state index contributed by atoms with van der Waals surface area (Å²) in [4.78, 5) is 0. The average Bonchev–Trinajstić information content (AvgIpc) is 2.88. The van der Waals surface area contributed by atoms with Gasteiger partial charge in [-0.15, -0.1) is 0 Å². The number of aliphatic hydroxyl groups excluding tert-OH is 2. The lowest BCUT2D eigenvalue weighted by molar-refractivity contribution is 0.0898. The van der Waals surface area contributed by atoms with E-state index >= 15 is 0 Å². The van der Waals surface area contributed by atoms with Crippen LogP contribution in [0.15, 0.2) is 78.9 Å². The number of fused-ring (bicyclic) bond motifs is 2. The summed E-state index contributed by atoms with van der Waals surface area (Å²) in [5.41, 5.74) is 1.50. The normalized spacial score (nSPS) is 11.8. The molecule has 0 fully saturated rings. The van der Waals surface area contributed by atoms with Crippen molar-refractivity contribution in [2.45, 2.75) is 25.6 Å². The van der Waals surface area contributed by atoms with Crippen LogP contribution < -0.4 is 10.1 Å². The number of rotatable bonds is 11. The van der Waals surface area contributed by atoms with E-state index in [1.165, 1.54) is 0 Å². The number of hydrogen-bond donors (Lipinski definition) is 3. The Labute approximate surface area is 194 Å². The molecule has 0 aliphatic heterocycles. The van der Waals surface area contributed by atoms with Crippen molar-refractivity contribution in [3.8, 4) is 5.75 Å². The van der Waals surface area contributed by atoms with Crippen LogP contribution in [0.1, 0.15) is 18.1 Å². The SMILES string of the molecule is CC(CO)(CO)NCc1c2ccccc2c(OCCOCc2ccccc2)c2ccccc12. The highest BCUT2D eigenvalue weighted by molar-refractivity contribution is 6.08. The number of aliphatic hydroxyl groups is 2. The third-order valence-corrected chi connectivity index (χ3v) is 5.97. The van der Waals surface area contributed by atoms with Crippen molar-refractivity contribution < 1.29 is 19.7 Å². The molecule has 172 valence electrons. The molecule has 4 rings (SSSR count). The minimum absolute atomic E-state index is 0.149. The molecule has 4 aromatic carbocycles. The lowest BCUT2D eigenvalue weighted by Gasteiger charge is -2.27. The van der Waals surface area contributed by atoms with Gasteiger partial charge in [0.15, 0.2) is 0 Å². The van der Waals surface area contributed by atoms with Gasteiger partial charge in [0.2, 0.25) is 0 Å². The molecule has 0 saturated heterocycles. The second kappa shape index (κ2) is 10.8. The average molecular weight is 446 g/mol. The molecule has 0 aliphatic carbocycles. The van der Waals surface area contributed by atoms with Crippen LogP contribution in [0.4, 0.5) is 0 Å². The van der Waals surface area contributed by atoms with Gasteiger partial charge in [-0.3, -0.25) is 0 Å². The van der Waals surface area contributed by atoms with E-state index in [-0.39, 0.29) is 13.2 Å². The molecule has 5 nitrogen and oxygen atoms in total. The summed E-state index contributed by atoms with van der Waals surface area (Å²) in [6.07, 6.45) is 0. The Bertz CT molecular complexity index is 1130. The second-order valence-corrected chi connectivity index (χ2v) is 8.52. The predicted molar refractivity (Wildman–Crippen MR) is 132 cm³/mol. The molecule has 0 atom stereocenters. The van der Waals surface area contributed by atoms with Gasteiger partial charge in [0.05, 0.1) is 32.0 Å². The van der Waals surface area contributed by atoms with E-state index in [2.05, 4.69) is 29.6 Å². The maximum absolute atomic E-state index is 9.69. The van der Waals surface area contributed by atoms with E-state index in [0.29, 0.717) is 26.4 Å². The fraction of sp³-hybridized carbons (Fsp3) is 0.286. The van der Waals surface area contributed by atoms with Crippen LogP contribution in [-0.2, 0) is 17.9 Å². The maximum Gasteiger partial charge on any atom is 0.135 e. The minimum Gasteiger partial charge on any atom is -0.490 e. The third-order valence-electron chi connectivity index (χ3n) is 5.97. The topological polar surface area (TPSA) is 71.0 Å². The Morgan fingerprint density at radius 2 is 1.27 bits per heavy atom. The van der Waals surface area contributed by atoms with Crippen molar-refractivity contribution >= 4 is 21.5 Å². The lowest BCUT2D eigenvalue weighted by atomic mass is 9.94. The van der Waals surface area contributed by atoms with Crippen molar-refractivity contribution in [1.82, 2.24) is 5.32 Å². The number of benzene rings is 4. The predicted octanol–water partition coefficient (Wildman–Crippen LogP) is 4.42. The van der Waals surface area contributed by atoms with E-state index in [1.807, 2.05) is 61.5 Å². The molecule has 0 spiro atoms. The van der Waals surface area contributed by atoms with Gasteiger partial charge in [-0.05, 0) is 28.8 Å². The zero-order valence-electron chi connectivity index (χ0n) is 19.0. The summed E-state index contributed by atoms with van der Waals surface area (Å²) in [6.45, 7) is 3.53. The molecule has 33 heavy (non-hydrogen) atoms. The molecule has 0 amide bonds. The van der Waals surface area contributed by atoms with E-state index in [0.717, 1.165) is 38.4 Å². The first-order valence-electron chi connectivity index (χ1n) is 11.3. The molecule has 0 aliphatic rings. The molecular formula is C28H31NO4. The summed E-state index contributed by atoms with van der Waals surface area (Å²) in [5.74, 6) is 0.848. The Hall–Kier alpha value is -2.96. The number of ether oxygens (including phenoxy) is 2.